The quantitative estimate of drug-likeness (QED) is 0.600. The molecular formula is C19H31NSi. The Morgan fingerprint density at radius 2 is 1.81 bits per heavy atom. The molecule has 1 heterocycles. The van der Waals surface area contributed by atoms with Gasteiger partial charge in [-0.05, 0) is 29.5 Å². The van der Waals surface area contributed by atoms with Gasteiger partial charge in [-0.2, -0.15) is 0 Å². The van der Waals surface area contributed by atoms with Crippen LogP contribution in [0, 0.1) is 0 Å². The molecule has 1 aliphatic heterocycles. The SMILES string of the molecule is CC12CCCCC1N([Si](C)(C)C(C)(C)C)c1ccccc12. The summed E-state index contributed by atoms with van der Waals surface area (Å²) in [5, 5.41) is 0.392. The summed E-state index contributed by atoms with van der Waals surface area (Å²) in [6, 6.07) is 10.00. The fraction of sp³-hybridized carbons (Fsp3) is 0.684. The lowest BCUT2D eigenvalue weighted by Gasteiger charge is -2.52. The third-order valence-electron chi connectivity index (χ3n) is 6.69. The molecule has 0 amide bonds. The molecule has 1 aromatic carbocycles. The van der Waals surface area contributed by atoms with Crippen molar-refractivity contribution in [2.75, 3.05) is 4.57 Å². The molecule has 0 saturated heterocycles. The maximum Gasteiger partial charge on any atom is 0.156 e. The van der Waals surface area contributed by atoms with E-state index < -0.39 is 8.24 Å². The van der Waals surface area contributed by atoms with Gasteiger partial charge < -0.3 is 4.57 Å². The summed E-state index contributed by atoms with van der Waals surface area (Å²) in [5.41, 5.74) is 3.56. The molecular weight excluding hydrogens is 270 g/mol. The van der Waals surface area contributed by atoms with Crippen LogP contribution in [0.25, 0.3) is 0 Å². The minimum atomic E-state index is -1.54. The zero-order valence-corrected chi connectivity index (χ0v) is 15.7. The van der Waals surface area contributed by atoms with E-state index in [2.05, 4.69) is 69.6 Å². The Labute approximate surface area is 131 Å². The molecule has 0 N–H and O–H groups in total. The number of para-hydroxylation sites is 1. The molecule has 1 aliphatic carbocycles. The van der Waals surface area contributed by atoms with Crippen LogP contribution in [0.1, 0.15) is 58.9 Å². The van der Waals surface area contributed by atoms with Gasteiger partial charge >= 0.3 is 0 Å². The average Bonchev–Trinajstić information content (AvgIpc) is 2.67. The van der Waals surface area contributed by atoms with Crippen LogP contribution in [-0.2, 0) is 5.41 Å². The van der Waals surface area contributed by atoms with Gasteiger partial charge in [-0.25, -0.2) is 0 Å². The highest BCUT2D eigenvalue weighted by molar-refractivity contribution is 6.83. The van der Waals surface area contributed by atoms with Gasteiger partial charge in [-0.1, -0.05) is 71.8 Å². The van der Waals surface area contributed by atoms with Crippen molar-refractivity contribution < 1.29 is 0 Å². The van der Waals surface area contributed by atoms with Crippen LogP contribution < -0.4 is 4.57 Å². The standard InChI is InChI=1S/C19H31NSi/c1-18(2,3)21(5,6)20-16-12-8-7-11-15(16)19(4)14-10-9-13-17(19)20/h7-8,11-12,17H,9-10,13-14H2,1-6H3. The van der Waals surface area contributed by atoms with E-state index >= 15 is 0 Å². The minimum Gasteiger partial charge on any atom is -0.393 e. The number of nitrogens with zero attached hydrogens (tertiary/aromatic N) is 1. The highest BCUT2D eigenvalue weighted by Crippen LogP contribution is 2.56. The molecule has 116 valence electrons. The van der Waals surface area contributed by atoms with Crippen molar-refractivity contribution in [3.63, 3.8) is 0 Å². The third-order valence-corrected chi connectivity index (χ3v) is 12.1. The van der Waals surface area contributed by atoms with E-state index in [1.165, 1.54) is 25.7 Å². The Kier molecular flexibility index (Phi) is 3.33. The first-order valence-electron chi connectivity index (χ1n) is 8.58. The van der Waals surface area contributed by atoms with E-state index in [0.717, 1.165) is 6.04 Å². The van der Waals surface area contributed by atoms with Gasteiger partial charge in [-0.15, -0.1) is 0 Å². The summed E-state index contributed by atoms with van der Waals surface area (Å²) in [5.74, 6) is 0. The van der Waals surface area contributed by atoms with Gasteiger partial charge in [0.05, 0.1) is 0 Å². The topological polar surface area (TPSA) is 3.24 Å². The molecule has 0 spiro atoms. The second-order valence-corrected chi connectivity index (χ2v) is 14.0. The molecule has 0 bridgehead atoms. The molecule has 2 unspecified atom stereocenters. The number of benzene rings is 1. The zero-order chi connectivity index (χ0) is 15.5. The van der Waals surface area contributed by atoms with E-state index in [-0.39, 0.29) is 0 Å². The molecule has 2 aliphatic rings. The van der Waals surface area contributed by atoms with Crippen LogP contribution in [0.15, 0.2) is 24.3 Å². The molecule has 1 fully saturated rings. The normalized spacial score (nSPS) is 29.2. The predicted octanol–water partition coefficient (Wildman–Crippen LogP) is 5.71. The lowest BCUT2D eigenvalue weighted by Crippen LogP contribution is -2.61. The van der Waals surface area contributed by atoms with Crippen molar-refractivity contribution in [2.24, 2.45) is 0 Å². The number of hydrogen-bond donors (Lipinski definition) is 0. The van der Waals surface area contributed by atoms with Crippen LogP contribution in [0.5, 0.6) is 0 Å². The summed E-state index contributed by atoms with van der Waals surface area (Å²) < 4.78 is 2.92. The monoisotopic (exact) mass is 301 g/mol. The van der Waals surface area contributed by atoms with Crippen molar-refractivity contribution in [2.45, 2.75) is 83.0 Å². The van der Waals surface area contributed by atoms with Crippen molar-refractivity contribution in [1.82, 2.24) is 0 Å². The van der Waals surface area contributed by atoms with Gasteiger partial charge in [-0.3, -0.25) is 0 Å². The third kappa shape index (κ3) is 2.02. The Balaban J connectivity index is 2.17. The van der Waals surface area contributed by atoms with E-state index in [1.807, 2.05) is 0 Å². The smallest absolute Gasteiger partial charge is 0.156 e. The largest absolute Gasteiger partial charge is 0.393 e. The first kappa shape index (κ1) is 15.1. The Hall–Kier alpha value is -0.763. The van der Waals surface area contributed by atoms with Crippen LogP contribution in [0.2, 0.25) is 18.1 Å². The van der Waals surface area contributed by atoms with Crippen LogP contribution in [-0.4, -0.2) is 14.3 Å². The summed E-state index contributed by atoms with van der Waals surface area (Å²) in [4.78, 5) is 0. The second kappa shape index (κ2) is 4.61. The summed E-state index contributed by atoms with van der Waals surface area (Å²) in [6.45, 7) is 15.0. The minimum absolute atomic E-state index is 0.379. The first-order chi connectivity index (χ1) is 9.69. The average molecular weight is 302 g/mol. The Bertz CT molecular complexity index is 543. The fourth-order valence-corrected chi connectivity index (χ4v) is 7.14. The molecule has 1 saturated carbocycles. The highest BCUT2D eigenvalue weighted by atomic mass is 28.3. The molecule has 0 aromatic heterocycles. The van der Waals surface area contributed by atoms with Crippen molar-refractivity contribution in [3.8, 4) is 0 Å². The highest BCUT2D eigenvalue weighted by Gasteiger charge is 2.55. The van der Waals surface area contributed by atoms with Gasteiger partial charge in [0.2, 0.25) is 0 Å². The van der Waals surface area contributed by atoms with Gasteiger partial charge in [0.1, 0.15) is 0 Å². The molecule has 0 radical (unpaired) electrons. The van der Waals surface area contributed by atoms with Crippen molar-refractivity contribution in [3.05, 3.63) is 29.8 Å². The maximum absolute atomic E-state index is 2.92. The van der Waals surface area contributed by atoms with Gasteiger partial charge in [0.15, 0.2) is 8.24 Å². The second-order valence-electron chi connectivity index (χ2n) is 8.88. The van der Waals surface area contributed by atoms with E-state index in [0.29, 0.717) is 10.5 Å². The number of hydrogen-bond acceptors (Lipinski definition) is 1. The van der Waals surface area contributed by atoms with Crippen molar-refractivity contribution >= 4 is 13.9 Å². The zero-order valence-electron chi connectivity index (χ0n) is 14.7. The fourth-order valence-electron chi connectivity index (χ4n) is 4.43. The molecule has 21 heavy (non-hydrogen) atoms. The van der Waals surface area contributed by atoms with Crippen LogP contribution >= 0.6 is 0 Å². The summed E-state index contributed by atoms with van der Waals surface area (Å²) in [7, 11) is -1.54. The Morgan fingerprint density at radius 1 is 1.14 bits per heavy atom. The first-order valence-corrected chi connectivity index (χ1v) is 11.5. The number of anilines is 1. The Morgan fingerprint density at radius 3 is 2.48 bits per heavy atom. The van der Waals surface area contributed by atoms with Gasteiger partial charge in [0.25, 0.3) is 0 Å². The van der Waals surface area contributed by atoms with E-state index in [9.17, 15) is 0 Å². The number of fused-ring (bicyclic) bond motifs is 3. The summed E-state index contributed by atoms with van der Waals surface area (Å²) >= 11 is 0. The molecule has 1 nitrogen and oxygen atoms in total. The lowest BCUT2D eigenvalue weighted by molar-refractivity contribution is 0.291. The predicted molar refractivity (Wildman–Crippen MR) is 95.7 cm³/mol. The van der Waals surface area contributed by atoms with E-state index in [4.69, 9.17) is 0 Å². The maximum atomic E-state index is 2.92. The summed E-state index contributed by atoms with van der Waals surface area (Å²) in [6.07, 6.45) is 5.53. The molecule has 1 aromatic rings. The number of rotatable bonds is 1. The van der Waals surface area contributed by atoms with E-state index in [1.54, 1.807) is 11.3 Å². The molecule has 2 atom stereocenters. The van der Waals surface area contributed by atoms with Crippen molar-refractivity contribution in [1.29, 1.82) is 0 Å². The molecule has 3 rings (SSSR count). The van der Waals surface area contributed by atoms with Crippen LogP contribution in [0.3, 0.4) is 0 Å². The van der Waals surface area contributed by atoms with Gasteiger partial charge in [0, 0.05) is 17.1 Å². The lowest BCUT2D eigenvalue weighted by atomic mass is 9.70. The van der Waals surface area contributed by atoms with Crippen LogP contribution in [0.4, 0.5) is 5.69 Å². The molecule has 2 heteroatoms.